The number of pyridine rings is 1. The van der Waals surface area contributed by atoms with Gasteiger partial charge in [0, 0.05) is 30.5 Å². The Morgan fingerprint density at radius 3 is 2.55 bits per heavy atom. The van der Waals surface area contributed by atoms with Crippen LogP contribution < -0.4 is 4.74 Å². The molecule has 1 fully saturated rings. The number of likely N-dealkylation sites (tertiary alicyclic amines) is 1. The molecule has 0 radical (unpaired) electrons. The topological polar surface area (TPSA) is 79.7 Å². The maximum atomic E-state index is 13.2. The fourth-order valence-corrected chi connectivity index (χ4v) is 4.01. The molecule has 2 unspecified atom stereocenters. The zero-order chi connectivity index (χ0) is 20.5. The molecule has 2 atom stereocenters. The number of aryl methyl sites for hydroxylation is 1. The number of carboxylic acids is 1. The number of methoxy groups -OCH3 is 1. The summed E-state index contributed by atoms with van der Waals surface area (Å²) in [4.78, 5) is 31.3. The van der Waals surface area contributed by atoms with E-state index < -0.39 is 11.9 Å². The third-order valence-electron chi connectivity index (χ3n) is 5.60. The number of hydrogen-bond acceptors (Lipinski definition) is 4. The largest absolute Gasteiger partial charge is 0.497 e. The third-order valence-corrected chi connectivity index (χ3v) is 5.60. The average molecular weight is 390 g/mol. The summed E-state index contributed by atoms with van der Waals surface area (Å²) < 4.78 is 5.24. The van der Waals surface area contributed by atoms with E-state index in [1.807, 2.05) is 54.6 Å². The molecule has 2 heterocycles. The molecule has 0 spiro atoms. The van der Waals surface area contributed by atoms with Crippen molar-refractivity contribution >= 4 is 22.8 Å². The van der Waals surface area contributed by atoms with Gasteiger partial charge in [-0.1, -0.05) is 30.3 Å². The second-order valence-corrected chi connectivity index (χ2v) is 7.35. The number of carboxylic acid groups (broad SMARTS) is 1. The van der Waals surface area contributed by atoms with Crippen LogP contribution in [0.15, 0.2) is 54.6 Å². The third kappa shape index (κ3) is 3.53. The Kier molecular flexibility index (Phi) is 4.92. The van der Waals surface area contributed by atoms with E-state index in [1.165, 1.54) is 0 Å². The summed E-state index contributed by atoms with van der Waals surface area (Å²) in [5, 5.41) is 10.5. The van der Waals surface area contributed by atoms with Crippen LogP contribution >= 0.6 is 0 Å². The SMILES string of the molecule is COc1ccc2cc(C(=O)N3CC(C(=O)O)C(c4ccccc4)C3)c(C)nc2c1. The summed E-state index contributed by atoms with van der Waals surface area (Å²) >= 11 is 0. The van der Waals surface area contributed by atoms with Gasteiger partial charge in [0.1, 0.15) is 5.75 Å². The first-order valence-corrected chi connectivity index (χ1v) is 9.50. The minimum atomic E-state index is -0.880. The van der Waals surface area contributed by atoms with E-state index in [4.69, 9.17) is 4.74 Å². The Balaban J connectivity index is 1.66. The van der Waals surface area contributed by atoms with Crippen molar-refractivity contribution in [1.29, 1.82) is 0 Å². The van der Waals surface area contributed by atoms with Gasteiger partial charge in [-0.3, -0.25) is 14.6 Å². The second kappa shape index (κ2) is 7.54. The molecule has 148 valence electrons. The predicted molar refractivity (Wildman–Crippen MR) is 109 cm³/mol. The highest BCUT2D eigenvalue weighted by atomic mass is 16.5. The number of amides is 1. The van der Waals surface area contributed by atoms with Crippen molar-refractivity contribution in [1.82, 2.24) is 9.88 Å². The quantitative estimate of drug-likeness (QED) is 0.738. The van der Waals surface area contributed by atoms with Crippen LogP contribution in [0.4, 0.5) is 0 Å². The van der Waals surface area contributed by atoms with Gasteiger partial charge in [-0.15, -0.1) is 0 Å². The van der Waals surface area contributed by atoms with Crippen molar-refractivity contribution < 1.29 is 19.4 Å². The molecule has 1 N–H and O–H groups in total. The normalized spacial score (nSPS) is 18.8. The van der Waals surface area contributed by atoms with Gasteiger partial charge in [0.15, 0.2) is 0 Å². The number of aromatic nitrogens is 1. The van der Waals surface area contributed by atoms with E-state index in [1.54, 1.807) is 18.9 Å². The molecule has 3 aromatic rings. The van der Waals surface area contributed by atoms with E-state index in [9.17, 15) is 14.7 Å². The van der Waals surface area contributed by atoms with Crippen LogP contribution in [0.5, 0.6) is 5.75 Å². The molecule has 1 saturated heterocycles. The first kappa shape index (κ1) is 18.9. The zero-order valence-corrected chi connectivity index (χ0v) is 16.3. The molecule has 6 nitrogen and oxygen atoms in total. The number of nitrogens with zero attached hydrogens (tertiary/aromatic N) is 2. The fraction of sp³-hybridized carbons (Fsp3) is 0.261. The number of ether oxygens (including phenoxy) is 1. The van der Waals surface area contributed by atoms with Crippen LogP contribution in [0.2, 0.25) is 0 Å². The summed E-state index contributed by atoms with van der Waals surface area (Å²) in [6.45, 7) is 2.36. The second-order valence-electron chi connectivity index (χ2n) is 7.35. The van der Waals surface area contributed by atoms with Crippen LogP contribution in [-0.2, 0) is 4.79 Å². The van der Waals surface area contributed by atoms with Crippen molar-refractivity contribution in [3.63, 3.8) is 0 Å². The lowest BCUT2D eigenvalue weighted by atomic mass is 9.89. The molecule has 1 aliphatic heterocycles. The van der Waals surface area contributed by atoms with Crippen molar-refractivity contribution in [3.05, 3.63) is 71.4 Å². The molecule has 1 aliphatic rings. The van der Waals surface area contributed by atoms with Gasteiger partial charge in [0.05, 0.1) is 29.8 Å². The van der Waals surface area contributed by atoms with Crippen molar-refractivity contribution in [3.8, 4) is 5.75 Å². The summed E-state index contributed by atoms with van der Waals surface area (Å²) in [5.74, 6) is -1.21. The van der Waals surface area contributed by atoms with Gasteiger partial charge in [-0.05, 0) is 30.7 Å². The van der Waals surface area contributed by atoms with E-state index in [2.05, 4.69) is 4.98 Å². The van der Waals surface area contributed by atoms with E-state index >= 15 is 0 Å². The summed E-state index contributed by atoms with van der Waals surface area (Å²) in [6.07, 6.45) is 0. The maximum Gasteiger partial charge on any atom is 0.308 e. The highest BCUT2D eigenvalue weighted by molar-refractivity contribution is 5.99. The summed E-state index contributed by atoms with van der Waals surface area (Å²) in [5.41, 5.74) is 2.81. The van der Waals surface area contributed by atoms with Crippen molar-refractivity contribution in [2.45, 2.75) is 12.8 Å². The maximum absolute atomic E-state index is 13.2. The van der Waals surface area contributed by atoms with Gasteiger partial charge in [-0.25, -0.2) is 0 Å². The van der Waals surface area contributed by atoms with Gasteiger partial charge >= 0.3 is 5.97 Å². The number of benzene rings is 2. The lowest BCUT2D eigenvalue weighted by Gasteiger charge is -2.18. The number of hydrogen-bond donors (Lipinski definition) is 1. The van der Waals surface area contributed by atoms with E-state index in [0.717, 1.165) is 16.5 Å². The molecule has 0 saturated carbocycles. The van der Waals surface area contributed by atoms with Gasteiger partial charge < -0.3 is 14.7 Å². The lowest BCUT2D eigenvalue weighted by Crippen LogP contribution is -2.30. The monoisotopic (exact) mass is 390 g/mol. The number of carbonyl (C=O) groups is 2. The standard InChI is InChI=1S/C23H22N2O4/c1-14-18(10-16-8-9-17(29-2)11-21(16)24-14)22(26)25-12-19(20(13-25)23(27)28)15-6-4-3-5-7-15/h3-11,19-20H,12-13H2,1-2H3,(H,27,28). The molecular formula is C23H22N2O4. The highest BCUT2D eigenvalue weighted by Gasteiger charge is 2.40. The number of carbonyl (C=O) groups excluding carboxylic acids is 1. The highest BCUT2D eigenvalue weighted by Crippen LogP contribution is 2.34. The van der Waals surface area contributed by atoms with E-state index in [-0.39, 0.29) is 18.4 Å². The molecule has 4 rings (SSSR count). The minimum absolute atomic E-state index is 0.183. The molecule has 0 aliphatic carbocycles. The smallest absolute Gasteiger partial charge is 0.308 e. The van der Waals surface area contributed by atoms with Crippen molar-refractivity contribution in [2.75, 3.05) is 20.2 Å². The summed E-state index contributed by atoms with van der Waals surface area (Å²) in [7, 11) is 1.60. The van der Waals surface area contributed by atoms with Crippen LogP contribution in [0.1, 0.15) is 27.5 Å². The lowest BCUT2D eigenvalue weighted by molar-refractivity contribution is -0.141. The molecule has 29 heavy (non-hydrogen) atoms. The molecule has 2 aromatic carbocycles. The molecule has 6 heteroatoms. The Bertz CT molecular complexity index is 1080. The Hall–Kier alpha value is -3.41. The molecule has 1 aromatic heterocycles. The molecule has 1 amide bonds. The number of aliphatic carboxylic acids is 1. The van der Waals surface area contributed by atoms with Gasteiger partial charge in [0.2, 0.25) is 0 Å². The average Bonchev–Trinajstić information content (AvgIpc) is 3.19. The molecule has 0 bridgehead atoms. The van der Waals surface area contributed by atoms with E-state index in [0.29, 0.717) is 23.6 Å². The van der Waals surface area contributed by atoms with Crippen molar-refractivity contribution in [2.24, 2.45) is 5.92 Å². The summed E-state index contributed by atoms with van der Waals surface area (Å²) in [6, 6.07) is 16.9. The zero-order valence-electron chi connectivity index (χ0n) is 16.3. The fourth-order valence-electron chi connectivity index (χ4n) is 4.01. The van der Waals surface area contributed by atoms with Crippen LogP contribution in [0.3, 0.4) is 0 Å². The minimum Gasteiger partial charge on any atom is -0.497 e. The van der Waals surface area contributed by atoms with Crippen LogP contribution in [-0.4, -0.2) is 47.1 Å². The van der Waals surface area contributed by atoms with Gasteiger partial charge in [0.25, 0.3) is 5.91 Å². The molecular weight excluding hydrogens is 368 g/mol. The van der Waals surface area contributed by atoms with Crippen LogP contribution in [0, 0.1) is 12.8 Å². The first-order valence-electron chi connectivity index (χ1n) is 9.50. The Morgan fingerprint density at radius 2 is 1.86 bits per heavy atom. The van der Waals surface area contributed by atoms with Crippen LogP contribution in [0.25, 0.3) is 10.9 Å². The number of fused-ring (bicyclic) bond motifs is 1. The predicted octanol–water partition coefficient (Wildman–Crippen LogP) is 3.49. The van der Waals surface area contributed by atoms with Gasteiger partial charge in [-0.2, -0.15) is 0 Å². The first-order chi connectivity index (χ1) is 14.0. The number of rotatable bonds is 4. The Labute approximate surface area is 168 Å². The Morgan fingerprint density at radius 1 is 1.10 bits per heavy atom.